The van der Waals surface area contributed by atoms with Crippen molar-refractivity contribution in [3.63, 3.8) is 0 Å². The van der Waals surface area contributed by atoms with Crippen molar-refractivity contribution in [2.24, 2.45) is 0 Å². The van der Waals surface area contributed by atoms with Gasteiger partial charge >= 0.3 is 5.97 Å². The molecule has 0 bridgehead atoms. The van der Waals surface area contributed by atoms with Crippen LogP contribution in [-0.4, -0.2) is 30.7 Å². The van der Waals surface area contributed by atoms with E-state index in [1.165, 1.54) is 13.2 Å². The fourth-order valence-corrected chi connectivity index (χ4v) is 1.30. The Morgan fingerprint density at radius 3 is 2.56 bits per heavy atom. The molecule has 5 nitrogen and oxygen atoms in total. The molecule has 0 fully saturated rings. The fourth-order valence-electron chi connectivity index (χ4n) is 1.30. The Balaban J connectivity index is 2.70. The Bertz CT molecular complexity index is 440. The molecule has 0 unspecified atom stereocenters. The van der Waals surface area contributed by atoms with Gasteiger partial charge in [-0.2, -0.15) is 0 Å². The number of carboxylic acid groups (broad SMARTS) is 1. The quantitative estimate of drug-likeness (QED) is 0.590. The van der Waals surface area contributed by atoms with E-state index in [0.717, 1.165) is 0 Å². The summed E-state index contributed by atoms with van der Waals surface area (Å²) in [5.41, 5.74) is 0.275. The number of carboxylic acids is 1. The van der Waals surface area contributed by atoms with Gasteiger partial charge in [-0.3, -0.25) is 4.79 Å². The van der Waals surface area contributed by atoms with Crippen molar-refractivity contribution < 1.29 is 19.4 Å². The van der Waals surface area contributed by atoms with Crippen LogP contribution in [0, 0.1) is 0 Å². The van der Waals surface area contributed by atoms with Crippen LogP contribution in [0.25, 0.3) is 0 Å². The number of nitrogens with one attached hydrogen (secondary N) is 1. The maximum absolute atomic E-state index is 11.7. The molecule has 0 atom stereocenters. The summed E-state index contributed by atoms with van der Waals surface area (Å²) in [6.45, 7) is 0.401. The Hall–Kier alpha value is -2.14. The molecule has 1 rings (SSSR count). The molecule has 0 saturated heterocycles. The summed E-state index contributed by atoms with van der Waals surface area (Å²) in [4.78, 5) is 22.7. The van der Waals surface area contributed by atoms with E-state index < -0.39 is 11.9 Å². The van der Waals surface area contributed by atoms with Crippen molar-refractivity contribution in [1.29, 1.82) is 0 Å². The topological polar surface area (TPSA) is 75.6 Å². The van der Waals surface area contributed by atoms with Crippen molar-refractivity contribution in [3.8, 4) is 0 Å². The number of aliphatic carboxylic acids is 1. The normalized spacial score (nSPS) is 11.1. The van der Waals surface area contributed by atoms with Crippen LogP contribution in [0.3, 0.4) is 0 Å². The Kier molecular flexibility index (Phi) is 5.60. The van der Waals surface area contributed by atoms with Gasteiger partial charge in [0.1, 0.15) is 5.70 Å². The van der Waals surface area contributed by atoms with Gasteiger partial charge in [0, 0.05) is 19.3 Å². The number of hydrogen-bond acceptors (Lipinski definition) is 3. The second-order valence-corrected chi connectivity index (χ2v) is 3.52. The maximum Gasteiger partial charge on any atom is 0.352 e. The van der Waals surface area contributed by atoms with E-state index in [4.69, 9.17) is 9.84 Å². The smallest absolute Gasteiger partial charge is 0.352 e. The van der Waals surface area contributed by atoms with Gasteiger partial charge in [0.15, 0.2) is 0 Å². The molecule has 0 aliphatic rings. The van der Waals surface area contributed by atoms with Crippen LogP contribution in [0.5, 0.6) is 0 Å². The number of carbonyl (C=O) groups is 2. The first-order valence-electron chi connectivity index (χ1n) is 5.44. The van der Waals surface area contributed by atoms with Gasteiger partial charge in [0.2, 0.25) is 0 Å². The van der Waals surface area contributed by atoms with E-state index >= 15 is 0 Å². The lowest BCUT2D eigenvalue weighted by molar-refractivity contribution is -0.133. The van der Waals surface area contributed by atoms with Crippen LogP contribution in [0.2, 0.25) is 0 Å². The second-order valence-electron chi connectivity index (χ2n) is 3.52. The highest BCUT2D eigenvalue weighted by molar-refractivity contribution is 6.00. The summed E-state index contributed by atoms with van der Waals surface area (Å²) in [5.74, 6) is -1.61. The van der Waals surface area contributed by atoms with Gasteiger partial charge in [-0.05, 0) is 18.6 Å². The molecule has 18 heavy (non-hydrogen) atoms. The van der Waals surface area contributed by atoms with Crippen molar-refractivity contribution in [2.75, 3.05) is 13.7 Å². The largest absolute Gasteiger partial charge is 0.477 e. The van der Waals surface area contributed by atoms with Gasteiger partial charge in [-0.25, -0.2) is 4.79 Å². The maximum atomic E-state index is 11.7. The fraction of sp³-hybridized carbons (Fsp3) is 0.231. The van der Waals surface area contributed by atoms with E-state index in [1.807, 2.05) is 0 Å². The van der Waals surface area contributed by atoms with Crippen LogP contribution in [0.4, 0.5) is 0 Å². The van der Waals surface area contributed by atoms with Crippen LogP contribution in [0.1, 0.15) is 16.8 Å². The number of amides is 1. The zero-order chi connectivity index (χ0) is 13.4. The van der Waals surface area contributed by atoms with E-state index in [-0.39, 0.29) is 5.70 Å². The average molecular weight is 249 g/mol. The molecule has 0 radical (unpaired) electrons. The van der Waals surface area contributed by atoms with Gasteiger partial charge in [0.25, 0.3) is 5.91 Å². The highest BCUT2D eigenvalue weighted by Gasteiger charge is 2.12. The average Bonchev–Trinajstić information content (AvgIpc) is 2.38. The molecule has 96 valence electrons. The highest BCUT2D eigenvalue weighted by Crippen LogP contribution is 2.01. The minimum atomic E-state index is -1.17. The molecule has 5 heteroatoms. The van der Waals surface area contributed by atoms with E-state index in [2.05, 4.69) is 5.32 Å². The van der Waals surface area contributed by atoms with E-state index in [0.29, 0.717) is 18.6 Å². The molecular weight excluding hydrogens is 234 g/mol. The molecule has 1 amide bonds. The molecule has 0 heterocycles. The van der Waals surface area contributed by atoms with Crippen LogP contribution < -0.4 is 5.32 Å². The first kappa shape index (κ1) is 13.9. The minimum Gasteiger partial charge on any atom is -0.477 e. The SMILES string of the molecule is COCC/C=C(/NC(=O)c1ccccc1)C(=O)O. The zero-order valence-corrected chi connectivity index (χ0v) is 10.1. The highest BCUT2D eigenvalue weighted by atomic mass is 16.5. The molecule has 0 aliphatic heterocycles. The number of carbonyl (C=O) groups excluding carboxylic acids is 1. The van der Waals surface area contributed by atoms with Crippen LogP contribution in [0.15, 0.2) is 42.1 Å². The summed E-state index contributed by atoms with van der Waals surface area (Å²) < 4.78 is 4.81. The predicted octanol–water partition coefficient (Wildman–Crippen LogP) is 1.42. The number of benzene rings is 1. The van der Waals surface area contributed by atoms with Crippen LogP contribution in [-0.2, 0) is 9.53 Å². The molecule has 0 saturated carbocycles. The monoisotopic (exact) mass is 249 g/mol. The number of rotatable bonds is 6. The molecule has 0 aromatic heterocycles. The minimum absolute atomic E-state index is 0.138. The number of ether oxygens (including phenoxy) is 1. The van der Waals surface area contributed by atoms with Crippen molar-refractivity contribution >= 4 is 11.9 Å². The summed E-state index contributed by atoms with van der Waals surface area (Å²) >= 11 is 0. The summed E-state index contributed by atoms with van der Waals surface area (Å²) in [6.07, 6.45) is 1.85. The third kappa shape index (κ3) is 4.39. The zero-order valence-electron chi connectivity index (χ0n) is 10.1. The van der Waals surface area contributed by atoms with Gasteiger partial charge in [0.05, 0.1) is 0 Å². The number of hydrogen-bond donors (Lipinski definition) is 2. The summed E-state index contributed by atoms with van der Waals surface area (Å²) in [5, 5.41) is 11.3. The molecule has 1 aromatic rings. The van der Waals surface area contributed by atoms with E-state index in [1.54, 1.807) is 30.3 Å². The summed E-state index contributed by atoms with van der Waals surface area (Å²) in [6, 6.07) is 8.44. The van der Waals surface area contributed by atoms with Crippen molar-refractivity contribution in [3.05, 3.63) is 47.7 Å². The molecule has 2 N–H and O–H groups in total. The summed E-state index contributed by atoms with van der Waals surface area (Å²) in [7, 11) is 1.52. The van der Waals surface area contributed by atoms with Crippen molar-refractivity contribution in [2.45, 2.75) is 6.42 Å². The van der Waals surface area contributed by atoms with Crippen LogP contribution >= 0.6 is 0 Å². The molecular formula is C13H15NO4. The Morgan fingerprint density at radius 2 is 2.00 bits per heavy atom. The van der Waals surface area contributed by atoms with Gasteiger partial charge in [-0.1, -0.05) is 24.3 Å². The third-order valence-electron chi connectivity index (χ3n) is 2.19. The molecule has 0 aliphatic carbocycles. The predicted molar refractivity (Wildman–Crippen MR) is 66.1 cm³/mol. The first-order chi connectivity index (χ1) is 8.65. The first-order valence-corrected chi connectivity index (χ1v) is 5.44. The lowest BCUT2D eigenvalue weighted by atomic mass is 10.2. The Morgan fingerprint density at radius 1 is 1.33 bits per heavy atom. The standard InChI is InChI=1S/C13H15NO4/c1-18-9-5-8-11(13(16)17)14-12(15)10-6-3-2-4-7-10/h2-4,6-8H,5,9H2,1H3,(H,14,15)(H,16,17)/b11-8+. The number of methoxy groups -OCH3 is 1. The second kappa shape index (κ2) is 7.24. The van der Waals surface area contributed by atoms with Gasteiger partial charge < -0.3 is 15.2 Å². The lowest BCUT2D eigenvalue weighted by Crippen LogP contribution is -2.27. The van der Waals surface area contributed by atoms with Crippen molar-refractivity contribution in [1.82, 2.24) is 5.32 Å². The third-order valence-corrected chi connectivity index (χ3v) is 2.19. The molecule has 1 aromatic carbocycles. The van der Waals surface area contributed by atoms with Gasteiger partial charge in [-0.15, -0.1) is 0 Å². The molecule has 0 spiro atoms. The lowest BCUT2D eigenvalue weighted by Gasteiger charge is -2.05. The Labute approximate surface area is 105 Å². The van der Waals surface area contributed by atoms with E-state index in [9.17, 15) is 9.59 Å².